The topological polar surface area (TPSA) is 123 Å². The lowest BCUT2D eigenvalue weighted by Crippen LogP contribution is -2.65. The van der Waals surface area contributed by atoms with E-state index in [0.29, 0.717) is 70.4 Å². The number of carbonyl (C=O) groups excluding carboxylic acids is 3. The van der Waals surface area contributed by atoms with Crippen molar-refractivity contribution in [2.45, 2.75) is 91.3 Å². The van der Waals surface area contributed by atoms with E-state index in [9.17, 15) is 18.8 Å². The lowest BCUT2D eigenvalue weighted by molar-refractivity contribution is -0.142. The Morgan fingerprint density at radius 2 is 1.77 bits per heavy atom. The third kappa shape index (κ3) is 10.2. The molecule has 2 saturated heterocycles. The van der Waals surface area contributed by atoms with Crippen LogP contribution in [0, 0.1) is 5.82 Å². The van der Waals surface area contributed by atoms with Gasteiger partial charge in [0.15, 0.2) is 0 Å². The molecule has 3 aliphatic rings. The summed E-state index contributed by atoms with van der Waals surface area (Å²) in [6, 6.07) is 7.41. The highest BCUT2D eigenvalue weighted by molar-refractivity contribution is 5.97. The second kappa shape index (κ2) is 17.3. The summed E-state index contributed by atoms with van der Waals surface area (Å²) in [7, 11) is 0. The third-order valence-corrected chi connectivity index (χ3v) is 9.52. The fourth-order valence-corrected chi connectivity index (χ4v) is 6.91. The average molecular weight is 728 g/mol. The smallest absolute Gasteiger partial charge is 0.410 e. The van der Waals surface area contributed by atoms with Gasteiger partial charge in [-0.3, -0.25) is 19.4 Å². The Morgan fingerprint density at radius 3 is 2.46 bits per heavy atom. The van der Waals surface area contributed by atoms with Crippen LogP contribution >= 0.6 is 0 Å². The van der Waals surface area contributed by atoms with Gasteiger partial charge in [-0.25, -0.2) is 14.2 Å². The number of pyridine rings is 1. The van der Waals surface area contributed by atoms with Crippen LogP contribution in [0.4, 0.5) is 14.9 Å². The molecule has 0 bridgehead atoms. The highest BCUT2D eigenvalue weighted by Crippen LogP contribution is 2.36. The Labute approximate surface area is 306 Å². The van der Waals surface area contributed by atoms with Gasteiger partial charge < -0.3 is 33.5 Å². The van der Waals surface area contributed by atoms with Crippen molar-refractivity contribution in [2.75, 3.05) is 70.7 Å². The zero-order chi connectivity index (χ0) is 37.6. The van der Waals surface area contributed by atoms with Gasteiger partial charge in [0.05, 0.1) is 44.1 Å². The number of esters is 1. The summed E-state index contributed by atoms with van der Waals surface area (Å²) in [5.74, 6) is -0.641. The van der Waals surface area contributed by atoms with E-state index in [0.717, 1.165) is 11.1 Å². The monoisotopic (exact) mass is 727 g/mol. The van der Waals surface area contributed by atoms with Crippen LogP contribution in [0.15, 0.2) is 30.3 Å². The minimum absolute atomic E-state index is 0.0542. The van der Waals surface area contributed by atoms with Crippen molar-refractivity contribution < 1.29 is 42.5 Å². The van der Waals surface area contributed by atoms with E-state index in [4.69, 9.17) is 28.7 Å². The zero-order valence-electron chi connectivity index (χ0n) is 31.6. The third-order valence-electron chi connectivity index (χ3n) is 9.52. The van der Waals surface area contributed by atoms with Crippen LogP contribution in [0.3, 0.4) is 0 Å². The number of hydrogen-bond donors (Lipinski definition) is 0. The molecule has 14 heteroatoms. The number of fused-ring (bicyclic) bond motifs is 1. The lowest BCUT2D eigenvalue weighted by atomic mass is 10.0. The number of hydrogen-bond acceptors (Lipinski definition) is 11. The largest absolute Gasteiger partial charge is 0.474 e. The minimum atomic E-state index is -0.645. The first-order valence-electron chi connectivity index (χ1n) is 18.2. The van der Waals surface area contributed by atoms with Gasteiger partial charge >= 0.3 is 12.1 Å². The van der Waals surface area contributed by atoms with Crippen molar-refractivity contribution in [2.24, 2.45) is 0 Å². The van der Waals surface area contributed by atoms with Crippen molar-refractivity contribution in [3.05, 3.63) is 53.0 Å². The molecule has 0 unspecified atom stereocenters. The number of amides is 2. The van der Waals surface area contributed by atoms with Crippen molar-refractivity contribution >= 4 is 23.7 Å². The first-order chi connectivity index (χ1) is 24.7. The van der Waals surface area contributed by atoms with E-state index >= 15 is 0 Å². The maximum Gasteiger partial charge on any atom is 0.410 e. The molecule has 2 fully saturated rings. The number of halogens is 1. The summed E-state index contributed by atoms with van der Waals surface area (Å²) < 4.78 is 42.5. The fourth-order valence-electron chi connectivity index (χ4n) is 6.91. The quantitative estimate of drug-likeness (QED) is 0.312. The number of anilines is 1. The summed E-state index contributed by atoms with van der Waals surface area (Å²) in [5, 5.41) is 0. The molecule has 4 heterocycles. The van der Waals surface area contributed by atoms with E-state index in [1.165, 1.54) is 19.1 Å². The number of aromatic nitrogens is 1. The van der Waals surface area contributed by atoms with E-state index in [-0.39, 0.29) is 67.6 Å². The number of rotatable bonds is 11. The highest BCUT2D eigenvalue weighted by atomic mass is 19.1. The van der Waals surface area contributed by atoms with Gasteiger partial charge in [0.1, 0.15) is 30.3 Å². The molecule has 0 N–H and O–H groups in total. The summed E-state index contributed by atoms with van der Waals surface area (Å²) >= 11 is 0. The molecule has 2 amide bonds. The summed E-state index contributed by atoms with van der Waals surface area (Å²) in [4.78, 5) is 52.4. The molecule has 0 spiro atoms. The lowest BCUT2D eigenvalue weighted by Gasteiger charge is -2.48. The maximum absolute atomic E-state index is 14.5. The molecule has 0 radical (unpaired) electrons. The fraction of sp³-hybridized carbons (Fsp3) is 0.632. The van der Waals surface area contributed by atoms with E-state index < -0.39 is 11.6 Å². The number of carbonyl (C=O) groups is 3. The Bertz CT molecular complexity index is 1550. The molecule has 286 valence electrons. The van der Waals surface area contributed by atoms with Crippen molar-refractivity contribution in [1.29, 1.82) is 0 Å². The Kier molecular flexibility index (Phi) is 13.1. The first kappa shape index (κ1) is 39.4. The van der Waals surface area contributed by atoms with E-state index in [2.05, 4.69) is 9.80 Å². The number of nitrogens with zero attached hydrogens (tertiary/aromatic N) is 5. The van der Waals surface area contributed by atoms with Crippen LogP contribution in [0.5, 0.6) is 5.88 Å². The molecule has 5 rings (SSSR count). The molecule has 3 aliphatic heterocycles. The maximum atomic E-state index is 14.5. The molecule has 13 nitrogen and oxygen atoms in total. The zero-order valence-corrected chi connectivity index (χ0v) is 31.6. The first-order valence-corrected chi connectivity index (χ1v) is 18.2. The van der Waals surface area contributed by atoms with Crippen molar-refractivity contribution in [3.63, 3.8) is 0 Å². The summed E-state index contributed by atoms with van der Waals surface area (Å²) in [6.45, 7) is 17.5. The number of piperazine rings is 1. The van der Waals surface area contributed by atoms with Crippen LogP contribution in [0.25, 0.3) is 0 Å². The Hall–Kier alpha value is -3.85. The predicted octanol–water partition coefficient (Wildman–Crippen LogP) is 4.04. The van der Waals surface area contributed by atoms with Gasteiger partial charge in [0.25, 0.3) is 0 Å². The van der Waals surface area contributed by atoms with Crippen molar-refractivity contribution in [1.82, 2.24) is 19.7 Å². The van der Waals surface area contributed by atoms with Crippen LogP contribution < -0.4 is 9.64 Å². The van der Waals surface area contributed by atoms with Gasteiger partial charge in [-0.2, -0.15) is 0 Å². The molecule has 2 aromatic rings. The second-order valence-corrected chi connectivity index (χ2v) is 14.9. The highest BCUT2D eigenvalue weighted by Gasteiger charge is 2.41. The van der Waals surface area contributed by atoms with Gasteiger partial charge in [-0.05, 0) is 77.3 Å². The molecule has 4 atom stereocenters. The van der Waals surface area contributed by atoms with Crippen molar-refractivity contribution in [3.8, 4) is 5.88 Å². The standard InChI is InChI=1S/C38H54FN5O8/c1-8-48-22-32-23-49-14-13-41(32)18-31-19-43(37(47)52-38(5,6)7)25(2)17-42(31)20-35(46)44-26(3)21-51-36-34(44)16-29(33(40-36)24-50-27(4)45)15-28-9-11-30(39)12-10-28/h9-12,16,25-26,31-32H,8,13-15,17-24H2,1-7H3/t25-,26+,31+,32-/m1/s1. The molecule has 0 saturated carbocycles. The van der Waals surface area contributed by atoms with Crippen LogP contribution in [0.2, 0.25) is 0 Å². The molecular weight excluding hydrogens is 673 g/mol. The predicted molar refractivity (Wildman–Crippen MR) is 192 cm³/mol. The summed E-state index contributed by atoms with van der Waals surface area (Å²) in [5.41, 5.74) is 1.94. The van der Waals surface area contributed by atoms with Gasteiger partial charge in [0, 0.05) is 51.8 Å². The van der Waals surface area contributed by atoms with E-state index in [1.54, 1.807) is 21.9 Å². The average Bonchev–Trinajstić information content (AvgIpc) is 3.08. The van der Waals surface area contributed by atoms with Gasteiger partial charge in [-0.1, -0.05) is 12.1 Å². The minimum Gasteiger partial charge on any atom is -0.474 e. The Morgan fingerprint density at radius 1 is 1.02 bits per heavy atom. The molecule has 1 aromatic carbocycles. The molecular formula is C38H54FN5O8. The second-order valence-electron chi connectivity index (χ2n) is 14.9. The molecule has 0 aliphatic carbocycles. The summed E-state index contributed by atoms with van der Waals surface area (Å²) in [6.07, 6.45) is 0.00580. The van der Waals surface area contributed by atoms with Gasteiger partial charge in [0.2, 0.25) is 11.8 Å². The van der Waals surface area contributed by atoms with Crippen LogP contribution in [-0.2, 0) is 41.6 Å². The number of benzene rings is 1. The number of morpholine rings is 1. The SMILES string of the molecule is CCOC[C@@H]1COCCN1C[C@H]1CN(C(=O)OC(C)(C)C)[C@H](C)CN1CC(=O)N1c2cc(Cc3ccc(F)cc3)c(COC(C)=O)nc2OC[C@@H]1C. The van der Waals surface area contributed by atoms with E-state index in [1.807, 2.05) is 47.6 Å². The Balaban J connectivity index is 1.43. The van der Waals surface area contributed by atoms with Gasteiger partial charge in [-0.15, -0.1) is 0 Å². The normalized spacial score (nSPS) is 22.8. The number of ether oxygens (including phenoxy) is 5. The van der Waals surface area contributed by atoms with Crippen LogP contribution in [-0.4, -0.2) is 133 Å². The molecule has 1 aromatic heterocycles. The van der Waals surface area contributed by atoms with Crippen LogP contribution in [0.1, 0.15) is 65.3 Å². The molecule has 52 heavy (non-hydrogen) atoms.